The number of sulfonamides is 1. The first kappa shape index (κ1) is 24.5. The third-order valence-electron chi connectivity index (χ3n) is 4.86. The van der Waals surface area contributed by atoms with Gasteiger partial charge in [-0.05, 0) is 35.7 Å². The number of rotatable bonds is 10. The van der Waals surface area contributed by atoms with Gasteiger partial charge in [0.25, 0.3) is 5.91 Å². The lowest BCUT2D eigenvalue weighted by molar-refractivity contribution is -0.124. The molecule has 31 heavy (non-hydrogen) atoms. The number of benzene rings is 1. The lowest BCUT2D eigenvalue weighted by Crippen LogP contribution is -2.49. The molecular weight excluding hydrogens is 416 g/mol. The highest BCUT2D eigenvalue weighted by Crippen LogP contribution is 2.17. The quantitative estimate of drug-likeness (QED) is 0.582. The summed E-state index contributed by atoms with van der Waals surface area (Å²) in [5.74, 6) is -0.994. The van der Waals surface area contributed by atoms with Crippen LogP contribution in [0.5, 0.6) is 0 Å². The van der Waals surface area contributed by atoms with E-state index in [1.54, 1.807) is 32.3 Å². The Morgan fingerprint density at radius 1 is 1.10 bits per heavy atom. The molecule has 0 bridgehead atoms. The fourth-order valence-electron chi connectivity index (χ4n) is 3.07. The summed E-state index contributed by atoms with van der Waals surface area (Å²) in [4.78, 5) is 29.5. The number of nitrogens with zero attached hydrogens (tertiary/aromatic N) is 2. The van der Waals surface area contributed by atoms with E-state index in [0.717, 1.165) is 5.56 Å². The number of carbonyl (C=O) groups is 2. The van der Waals surface area contributed by atoms with Crippen LogP contribution < -0.4 is 10.6 Å². The average Bonchev–Trinajstić information content (AvgIpc) is 2.77. The standard InChI is InChI=1S/C22H30N4O4S/c1-5-26(6-2)31(29,30)19-11-7-10-18(13-19)21(27)25-20(16(3)4)22(28)24-15-17-9-8-12-23-14-17/h7-14,16,20H,5-6,15H2,1-4H3,(H,24,28)(H,25,27)/t20-/m0/s1. The summed E-state index contributed by atoms with van der Waals surface area (Å²) in [6.45, 7) is 8.14. The maximum Gasteiger partial charge on any atom is 0.251 e. The highest BCUT2D eigenvalue weighted by atomic mass is 32.2. The van der Waals surface area contributed by atoms with Gasteiger partial charge in [-0.1, -0.05) is 39.8 Å². The lowest BCUT2D eigenvalue weighted by Gasteiger charge is -2.22. The van der Waals surface area contributed by atoms with Gasteiger partial charge < -0.3 is 10.6 Å². The molecule has 0 saturated heterocycles. The monoisotopic (exact) mass is 446 g/mol. The topological polar surface area (TPSA) is 108 Å². The minimum absolute atomic E-state index is 0.0472. The van der Waals surface area contributed by atoms with Crippen LogP contribution in [0.3, 0.4) is 0 Å². The maximum absolute atomic E-state index is 12.8. The first-order chi connectivity index (χ1) is 14.7. The van der Waals surface area contributed by atoms with Crippen molar-refractivity contribution in [1.82, 2.24) is 19.9 Å². The minimum atomic E-state index is -3.69. The molecule has 0 aliphatic heterocycles. The second kappa shape index (κ2) is 11.0. The normalized spacial score (nSPS) is 12.6. The molecule has 0 aliphatic carbocycles. The van der Waals surface area contributed by atoms with Crippen molar-refractivity contribution in [3.05, 3.63) is 59.9 Å². The van der Waals surface area contributed by atoms with Gasteiger partial charge in [-0.2, -0.15) is 4.31 Å². The van der Waals surface area contributed by atoms with Crippen LogP contribution in [0.2, 0.25) is 0 Å². The molecule has 0 fully saturated rings. The second-order valence-electron chi connectivity index (χ2n) is 7.39. The van der Waals surface area contributed by atoms with Crippen LogP contribution in [0, 0.1) is 5.92 Å². The van der Waals surface area contributed by atoms with E-state index in [1.807, 2.05) is 19.9 Å². The van der Waals surface area contributed by atoms with E-state index in [0.29, 0.717) is 19.6 Å². The number of hydrogen-bond acceptors (Lipinski definition) is 5. The summed E-state index contributed by atoms with van der Waals surface area (Å²) in [7, 11) is -3.69. The van der Waals surface area contributed by atoms with E-state index in [-0.39, 0.29) is 22.3 Å². The van der Waals surface area contributed by atoms with E-state index >= 15 is 0 Å². The Morgan fingerprint density at radius 3 is 2.39 bits per heavy atom. The van der Waals surface area contributed by atoms with Crippen molar-refractivity contribution >= 4 is 21.8 Å². The number of hydrogen-bond donors (Lipinski definition) is 2. The Kier molecular flexibility index (Phi) is 8.70. The molecule has 8 nitrogen and oxygen atoms in total. The largest absolute Gasteiger partial charge is 0.350 e. The van der Waals surface area contributed by atoms with E-state index < -0.39 is 22.0 Å². The van der Waals surface area contributed by atoms with Gasteiger partial charge in [0.2, 0.25) is 15.9 Å². The second-order valence-corrected chi connectivity index (χ2v) is 9.33. The summed E-state index contributed by atoms with van der Waals surface area (Å²) in [5.41, 5.74) is 1.03. The van der Waals surface area contributed by atoms with Crippen molar-refractivity contribution in [3.63, 3.8) is 0 Å². The SMILES string of the molecule is CCN(CC)S(=O)(=O)c1cccc(C(=O)N[C@H](C(=O)NCc2cccnc2)C(C)C)c1. The Morgan fingerprint density at radius 2 is 1.81 bits per heavy atom. The molecule has 1 aromatic carbocycles. The van der Waals surface area contributed by atoms with Gasteiger partial charge in [0.1, 0.15) is 6.04 Å². The minimum Gasteiger partial charge on any atom is -0.350 e. The number of aromatic nitrogens is 1. The summed E-state index contributed by atoms with van der Waals surface area (Å²) in [5, 5.41) is 5.54. The zero-order chi connectivity index (χ0) is 23.0. The molecule has 1 aromatic heterocycles. The van der Waals surface area contributed by atoms with E-state index in [9.17, 15) is 18.0 Å². The van der Waals surface area contributed by atoms with Crippen LogP contribution in [0.25, 0.3) is 0 Å². The Labute approximate surface area is 184 Å². The number of nitrogens with one attached hydrogen (secondary N) is 2. The molecule has 0 unspecified atom stereocenters. The molecule has 1 atom stereocenters. The van der Waals surface area contributed by atoms with Crippen molar-refractivity contribution in [2.75, 3.05) is 13.1 Å². The van der Waals surface area contributed by atoms with E-state index in [4.69, 9.17) is 0 Å². The highest BCUT2D eigenvalue weighted by molar-refractivity contribution is 7.89. The number of pyridine rings is 1. The first-order valence-corrected chi connectivity index (χ1v) is 11.7. The molecule has 0 aliphatic rings. The Balaban J connectivity index is 2.15. The molecule has 0 spiro atoms. The summed E-state index contributed by atoms with van der Waals surface area (Å²) >= 11 is 0. The third-order valence-corrected chi connectivity index (χ3v) is 6.91. The van der Waals surface area contributed by atoms with Gasteiger partial charge in [-0.25, -0.2) is 8.42 Å². The molecule has 2 N–H and O–H groups in total. The Hall–Kier alpha value is -2.78. The predicted molar refractivity (Wildman–Crippen MR) is 119 cm³/mol. The fourth-order valence-corrected chi connectivity index (χ4v) is 4.58. The van der Waals surface area contributed by atoms with Crippen molar-refractivity contribution in [1.29, 1.82) is 0 Å². The molecule has 9 heteroatoms. The highest BCUT2D eigenvalue weighted by Gasteiger charge is 2.26. The number of carbonyl (C=O) groups excluding carboxylic acids is 2. The van der Waals surface area contributed by atoms with E-state index in [2.05, 4.69) is 15.6 Å². The van der Waals surface area contributed by atoms with Crippen LogP contribution in [0.4, 0.5) is 0 Å². The van der Waals surface area contributed by atoms with Crippen molar-refractivity contribution in [3.8, 4) is 0 Å². The van der Waals surface area contributed by atoms with Gasteiger partial charge >= 0.3 is 0 Å². The molecule has 2 aromatic rings. The van der Waals surface area contributed by atoms with Crippen LogP contribution in [0.1, 0.15) is 43.6 Å². The molecular formula is C22H30N4O4S. The van der Waals surface area contributed by atoms with Crippen LogP contribution in [-0.2, 0) is 21.4 Å². The number of amides is 2. The van der Waals surface area contributed by atoms with Crippen LogP contribution >= 0.6 is 0 Å². The Bertz CT molecular complexity index is 990. The van der Waals surface area contributed by atoms with Gasteiger partial charge in [-0.3, -0.25) is 14.6 Å². The molecule has 0 saturated carbocycles. The molecule has 2 amide bonds. The molecule has 1 heterocycles. The summed E-state index contributed by atoms with van der Waals surface area (Å²) < 4.78 is 26.8. The summed E-state index contributed by atoms with van der Waals surface area (Å²) in [6.07, 6.45) is 3.31. The zero-order valence-corrected chi connectivity index (χ0v) is 19.1. The van der Waals surface area contributed by atoms with Crippen LogP contribution in [-0.4, -0.2) is 48.7 Å². The molecule has 168 valence electrons. The van der Waals surface area contributed by atoms with Crippen molar-refractivity contribution in [2.24, 2.45) is 5.92 Å². The van der Waals surface area contributed by atoms with Crippen molar-refractivity contribution in [2.45, 2.75) is 45.2 Å². The fraction of sp³-hybridized carbons (Fsp3) is 0.409. The predicted octanol–water partition coefficient (Wildman–Crippen LogP) is 2.18. The van der Waals surface area contributed by atoms with Crippen LogP contribution in [0.15, 0.2) is 53.7 Å². The van der Waals surface area contributed by atoms with Crippen molar-refractivity contribution < 1.29 is 18.0 Å². The third kappa shape index (κ3) is 6.35. The zero-order valence-electron chi connectivity index (χ0n) is 18.3. The maximum atomic E-state index is 12.8. The van der Waals surface area contributed by atoms with Gasteiger partial charge in [0, 0.05) is 37.6 Å². The molecule has 2 rings (SSSR count). The van der Waals surface area contributed by atoms with E-state index in [1.165, 1.54) is 28.6 Å². The average molecular weight is 447 g/mol. The first-order valence-electron chi connectivity index (χ1n) is 10.3. The summed E-state index contributed by atoms with van der Waals surface area (Å²) in [6, 6.07) is 8.71. The molecule has 0 radical (unpaired) electrons. The van der Waals surface area contributed by atoms with Gasteiger partial charge in [0.15, 0.2) is 0 Å². The lowest BCUT2D eigenvalue weighted by atomic mass is 10.0. The smallest absolute Gasteiger partial charge is 0.251 e. The van der Waals surface area contributed by atoms with Gasteiger partial charge in [0.05, 0.1) is 4.90 Å². The van der Waals surface area contributed by atoms with Gasteiger partial charge in [-0.15, -0.1) is 0 Å².